The van der Waals surface area contributed by atoms with Crippen molar-refractivity contribution < 1.29 is 16.8 Å². The summed E-state index contributed by atoms with van der Waals surface area (Å²) in [7, 11) is -7.13. The monoisotopic (exact) mass is 514 g/mol. The van der Waals surface area contributed by atoms with E-state index in [1.165, 1.54) is 5.57 Å². The molecular formula is C29H38O4S2. The largest absolute Gasteiger partial charge is 0.223 e. The van der Waals surface area contributed by atoms with E-state index in [1.807, 2.05) is 40.7 Å². The Labute approximate surface area is 212 Å². The van der Waals surface area contributed by atoms with Crippen molar-refractivity contribution in [3.05, 3.63) is 94.6 Å². The summed E-state index contributed by atoms with van der Waals surface area (Å²) >= 11 is 0. The predicted molar refractivity (Wildman–Crippen MR) is 146 cm³/mol. The Morgan fingerprint density at radius 3 is 1.77 bits per heavy atom. The molecule has 4 nitrogen and oxygen atoms in total. The molecule has 0 aromatic heterocycles. The normalized spacial score (nSPS) is 14.0. The molecule has 2 aromatic carbocycles. The van der Waals surface area contributed by atoms with Crippen LogP contribution < -0.4 is 0 Å². The summed E-state index contributed by atoms with van der Waals surface area (Å²) in [4.78, 5) is 0.549. The van der Waals surface area contributed by atoms with E-state index < -0.39 is 24.9 Å². The van der Waals surface area contributed by atoms with Crippen LogP contribution >= 0.6 is 0 Å². The lowest BCUT2D eigenvalue weighted by molar-refractivity contribution is 0.587. The van der Waals surface area contributed by atoms with Gasteiger partial charge >= 0.3 is 0 Å². The predicted octanol–water partition coefficient (Wildman–Crippen LogP) is 6.95. The zero-order valence-corrected chi connectivity index (χ0v) is 23.3. The van der Waals surface area contributed by atoms with E-state index in [0.717, 1.165) is 35.1 Å². The van der Waals surface area contributed by atoms with Gasteiger partial charge in [0.05, 0.1) is 20.8 Å². The van der Waals surface area contributed by atoms with Gasteiger partial charge in [-0.05, 0) is 85.1 Å². The van der Waals surface area contributed by atoms with E-state index >= 15 is 0 Å². The lowest BCUT2D eigenvalue weighted by Crippen LogP contribution is -2.20. The fourth-order valence-electron chi connectivity index (χ4n) is 3.64. The Morgan fingerprint density at radius 2 is 1.26 bits per heavy atom. The van der Waals surface area contributed by atoms with E-state index in [4.69, 9.17) is 0 Å². The molecule has 0 bridgehead atoms. The molecule has 0 heterocycles. The van der Waals surface area contributed by atoms with Crippen molar-refractivity contribution in [3.8, 4) is 0 Å². The van der Waals surface area contributed by atoms with Crippen LogP contribution in [0.2, 0.25) is 0 Å². The molecule has 0 fully saturated rings. The minimum atomic E-state index is -3.64. The molecule has 0 aliphatic heterocycles. The molecule has 6 heteroatoms. The average molecular weight is 515 g/mol. The molecule has 0 amide bonds. The zero-order valence-electron chi connectivity index (χ0n) is 21.7. The minimum Gasteiger partial charge on any atom is -0.223 e. The second-order valence-electron chi connectivity index (χ2n) is 9.58. The second kappa shape index (κ2) is 12.5. The molecular weight excluding hydrogens is 476 g/mol. The van der Waals surface area contributed by atoms with Gasteiger partial charge in [-0.15, -0.1) is 0 Å². The quantitative estimate of drug-likeness (QED) is 0.304. The van der Waals surface area contributed by atoms with Gasteiger partial charge in [-0.1, -0.05) is 70.3 Å². The van der Waals surface area contributed by atoms with Crippen molar-refractivity contribution in [3.63, 3.8) is 0 Å². The third-order valence-corrected chi connectivity index (χ3v) is 9.49. The summed E-state index contributed by atoms with van der Waals surface area (Å²) in [5.41, 5.74) is 4.95. The van der Waals surface area contributed by atoms with Crippen LogP contribution in [-0.4, -0.2) is 27.8 Å². The first-order valence-corrected chi connectivity index (χ1v) is 15.1. The first kappa shape index (κ1) is 28.8. The lowest BCUT2D eigenvalue weighted by atomic mass is 10.1. The summed E-state index contributed by atoms with van der Waals surface area (Å²) in [6, 6.07) is 13.6. The van der Waals surface area contributed by atoms with Crippen LogP contribution in [0.15, 0.2) is 93.3 Å². The molecule has 0 saturated heterocycles. The van der Waals surface area contributed by atoms with Gasteiger partial charge < -0.3 is 0 Å². The number of benzene rings is 2. The highest BCUT2D eigenvalue weighted by Crippen LogP contribution is 2.25. The van der Waals surface area contributed by atoms with Crippen LogP contribution in [0, 0.1) is 13.8 Å². The summed E-state index contributed by atoms with van der Waals surface area (Å²) in [6.07, 6.45) is 7.47. The van der Waals surface area contributed by atoms with Crippen molar-refractivity contribution >= 4 is 19.7 Å². The fourth-order valence-corrected chi connectivity index (χ4v) is 6.65. The highest BCUT2D eigenvalue weighted by molar-refractivity contribution is 7.92. The molecule has 0 aliphatic rings. The van der Waals surface area contributed by atoms with Crippen molar-refractivity contribution in [1.29, 1.82) is 0 Å². The van der Waals surface area contributed by atoms with Crippen LogP contribution in [-0.2, 0) is 19.7 Å². The number of allylic oxidation sites excluding steroid dienone is 4. The van der Waals surface area contributed by atoms with Gasteiger partial charge in [0.1, 0.15) is 0 Å². The van der Waals surface area contributed by atoms with E-state index in [-0.39, 0.29) is 22.0 Å². The lowest BCUT2D eigenvalue weighted by Gasteiger charge is -2.17. The van der Waals surface area contributed by atoms with E-state index in [9.17, 15) is 16.8 Å². The minimum absolute atomic E-state index is 0.164. The molecule has 0 N–H and O–H groups in total. The molecule has 0 aliphatic carbocycles. The Kier molecular flexibility index (Phi) is 10.3. The van der Waals surface area contributed by atoms with Crippen LogP contribution in [0.3, 0.4) is 0 Å². The van der Waals surface area contributed by atoms with Gasteiger partial charge in [-0.25, -0.2) is 16.8 Å². The summed E-state index contributed by atoms with van der Waals surface area (Å²) in [5, 5.41) is -0.768. The van der Waals surface area contributed by atoms with Gasteiger partial charge in [0.2, 0.25) is 0 Å². The van der Waals surface area contributed by atoms with Gasteiger partial charge in [-0.2, -0.15) is 0 Å². The Balaban J connectivity index is 2.32. The van der Waals surface area contributed by atoms with Gasteiger partial charge in [-0.3, -0.25) is 0 Å². The van der Waals surface area contributed by atoms with E-state index in [0.29, 0.717) is 0 Å². The first-order chi connectivity index (χ1) is 16.3. The van der Waals surface area contributed by atoms with Gasteiger partial charge in [0.25, 0.3) is 0 Å². The summed E-state index contributed by atoms with van der Waals surface area (Å²) in [5.74, 6) is -0.164. The van der Waals surface area contributed by atoms with Crippen molar-refractivity contribution in [2.75, 3.05) is 5.75 Å². The highest BCUT2D eigenvalue weighted by atomic mass is 32.2. The number of aryl methyl sites for hydroxylation is 2. The third kappa shape index (κ3) is 8.93. The topological polar surface area (TPSA) is 68.3 Å². The standard InChI is InChI=1S/C29H38O4S2/c1-22(2)8-7-9-25(5)20-29(35(32,33)28-16-12-24(4)13-17-28)21-26(6)18-19-34(30,31)27-14-10-23(3)11-15-27/h8,10-18,20,29H,7,9,19,21H2,1-6H3/b25-20+,26-18+. The molecule has 35 heavy (non-hydrogen) atoms. The van der Waals surface area contributed by atoms with Crippen molar-refractivity contribution in [1.82, 2.24) is 0 Å². The average Bonchev–Trinajstić information content (AvgIpc) is 2.77. The number of hydrogen-bond donors (Lipinski definition) is 0. The Bertz CT molecular complexity index is 1290. The number of hydrogen-bond acceptors (Lipinski definition) is 4. The maximum atomic E-state index is 13.5. The van der Waals surface area contributed by atoms with E-state index in [1.54, 1.807) is 61.5 Å². The number of sulfone groups is 2. The van der Waals surface area contributed by atoms with Crippen LogP contribution in [0.25, 0.3) is 0 Å². The third-order valence-electron chi connectivity index (χ3n) is 5.86. The second-order valence-corrected chi connectivity index (χ2v) is 13.8. The highest BCUT2D eigenvalue weighted by Gasteiger charge is 2.26. The summed E-state index contributed by atoms with van der Waals surface area (Å²) in [6.45, 7) is 11.7. The molecule has 190 valence electrons. The fraction of sp³-hybridized carbons (Fsp3) is 0.379. The van der Waals surface area contributed by atoms with Crippen molar-refractivity contribution in [2.24, 2.45) is 0 Å². The maximum Gasteiger partial charge on any atom is 0.185 e. The summed E-state index contributed by atoms with van der Waals surface area (Å²) < 4.78 is 52.6. The smallest absolute Gasteiger partial charge is 0.185 e. The molecule has 1 atom stereocenters. The molecule has 1 unspecified atom stereocenters. The van der Waals surface area contributed by atoms with Crippen molar-refractivity contribution in [2.45, 2.75) is 75.8 Å². The molecule has 0 spiro atoms. The maximum absolute atomic E-state index is 13.5. The molecule has 0 saturated carbocycles. The zero-order chi connectivity index (χ0) is 26.2. The van der Waals surface area contributed by atoms with Crippen LogP contribution in [0.4, 0.5) is 0 Å². The molecule has 2 rings (SSSR count). The molecule has 0 radical (unpaired) electrons. The SMILES string of the molecule is CC(C)=CCC/C(C)=C/C(C/C(C)=C/CS(=O)(=O)c1ccc(C)cc1)S(=O)(=O)c1ccc(C)cc1. The Morgan fingerprint density at radius 1 is 0.743 bits per heavy atom. The van der Waals surface area contributed by atoms with Crippen LogP contribution in [0.5, 0.6) is 0 Å². The van der Waals surface area contributed by atoms with Gasteiger partial charge in [0.15, 0.2) is 19.7 Å². The van der Waals surface area contributed by atoms with E-state index in [2.05, 4.69) is 6.08 Å². The number of rotatable bonds is 11. The van der Waals surface area contributed by atoms with Gasteiger partial charge in [0, 0.05) is 0 Å². The van der Waals surface area contributed by atoms with Crippen LogP contribution in [0.1, 0.15) is 58.1 Å². The first-order valence-electron chi connectivity index (χ1n) is 11.9. The Hall–Kier alpha value is -2.44. The molecule has 2 aromatic rings.